The summed E-state index contributed by atoms with van der Waals surface area (Å²) < 4.78 is 38.6. The number of nitrogens with one attached hydrogen (secondary N) is 1. The van der Waals surface area contributed by atoms with Gasteiger partial charge in [-0.1, -0.05) is 17.7 Å². The average Bonchev–Trinajstić information content (AvgIpc) is 3.01. The number of hydrogen-bond donors (Lipinski definition) is 1. The summed E-state index contributed by atoms with van der Waals surface area (Å²) in [5.41, 5.74) is 1.85. The SMILES string of the molecule is COc1ccc(OC)c(S(=O)(=O)NC2CC(=O)N(c3ccc(C)cc3)C2)c1. The first-order valence-electron chi connectivity index (χ1n) is 8.45. The number of amides is 1. The van der Waals surface area contributed by atoms with Gasteiger partial charge in [0, 0.05) is 30.8 Å². The summed E-state index contributed by atoms with van der Waals surface area (Å²) in [6, 6.07) is 11.6. The Morgan fingerprint density at radius 3 is 2.41 bits per heavy atom. The fourth-order valence-corrected chi connectivity index (χ4v) is 4.45. The predicted molar refractivity (Wildman–Crippen MR) is 102 cm³/mol. The highest BCUT2D eigenvalue weighted by Crippen LogP contribution is 2.29. The highest BCUT2D eigenvalue weighted by molar-refractivity contribution is 7.89. The maximum absolute atomic E-state index is 12.9. The van der Waals surface area contributed by atoms with Gasteiger partial charge in [0.1, 0.15) is 16.4 Å². The Bertz CT molecular complexity index is 941. The first kappa shape index (κ1) is 19.2. The second-order valence-corrected chi connectivity index (χ2v) is 8.06. The molecule has 0 aliphatic carbocycles. The summed E-state index contributed by atoms with van der Waals surface area (Å²) in [5, 5.41) is 0. The summed E-state index contributed by atoms with van der Waals surface area (Å²) in [6.07, 6.45) is 0.0966. The van der Waals surface area contributed by atoms with Crippen molar-refractivity contribution >= 4 is 21.6 Å². The molecule has 0 spiro atoms. The van der Waals surface area contributed by atoms with E-state index in [9.17, 15) is 13.2 Å². The van der Waals surface area contributed by atoms with E-state index in [0.29, 0.717) is 5.75 Å². The third-order valence-corrected chi connectivity index (χ3v) is 5.99. The van der Waals surface area contributed by atoms with Crippen LogP contribution in [-0.2, 0) is 14.8 Å². The van der Waals surface area contributed by atoms with E-state index in [2.05, 4.69) is 4.72 Å². The van der Waals surface area contributed by atoms with Gasteiger partial charge < -0.3 is 14.4 Å². The average molecular weight is 390 g/mol. The van der Waals surface area contributed by atoms with Crippen LogP contribution < -0.4 is 19.1 Å². The lowest BCUT2D eigenvalue weighted by Crippen LogP contribution is -2.37. The van der Waals surface area contributed by atoms with Gasteiger partial charge in [0.25, 0.3) is 0 Å². The minimum atomic E-state index is -3.89. The highest BCUT2D eigenvalue weighted by Gasteiger charge is 2.34. The number of hydrogen-bond acceptors (Lipinski definition) is 5. The fraction of sp³-hybridized carbons (Fsp3) is 0.316. The number of ether oxygens (including phenoxy) is 2. The molecular formula is C19H22N2O5S. The molecular weight excluding hydrogens is 368 g/mol. The summed E-state index contributed by atoms with van der Waals surface area (Å²) >= 11 is 0. The van der Waals surface area contributed by atoms with Gasteiger partial charge >= 0.3 is 0 Å². The lowest BCUT2D eigenvalue weighted by molar-refractivity contribution is -0.117. The van der Waals surface area contributed by atoms with Crippen LogP contribution in [0.4, 0.5) is 5.69 Å². The van der Waals surface area contributed by atoms with Gasteiger partial charge in [0.2, 0.25) is 15.9 Å². The van der Waals surface area contributed by atoms with Crippen molar-refractivity contribution in [2.24, 2.45) is 0 Å². The highest BCUT2D eigenvalue weighted by atomic mass is 32.2. The van der Waals surface area contributed by atoms with Crippen molar-refractivity contribution in [2.75, 3.05) is 25.7 Å². The molecule has 1 heterocycles. The smallest absolute Gasteiger partial charge is 0.244 e. The topological polar surface area (TPSA) is 84.9 Å². The quantitative estimate of drug-likeness (QED) is 0.816. The van der Waals surface area contributed by atoms with Gasteiger partial charge in [0.15, 0.2) is 0 Å². The lowest BCUT2D eigenvalue weighted by Gasteiger charge is -2.18. The number of aryl methyl sites for hydroxylation is 1. The minimum absolute atomic E-state index is 0.0226. The Balaban J connectivity index is 1.81. The van der Waals surface area contributed by atoms with E-state index in [1.165, 1.54) is 26.4 Å². The second kappa shape index (κ2) is 7.58. The normalized spacial score (nSPS) is 17.2. The van der Waals surface area contributed by atoms with Crippen LogP contribution in [0.15, 0.2) is 47.4 Å². The zero-order valence-electron chi connectivity index (χ0n) is 15.4. The number of carbonyl (C=O) groups excluding carboxylic acids is 1. The van der Waals surface area contributed by atoms with Crippen LogP contribution in [0.3, 0.4) is 0 Å². The van der Waals surface area contributed by atoms with Gasteiger partial charge in [-0.25, -0.2) is 13.1 Å². The molecule has 2 aromatic rings. The van der Waals surface area contributed by atoms with Gasteiger partial charge in [-0.3, -0.25) is 4.79 Å². The Kier molecular flexibility index (Phi) is 5.38. The zero-order valence-corrected chi connectivity index (χ0v) is 16.2. The van der Waals surface area contributed by atoms with E-state index in [1.807, 2.05) is 31.2 Å². The van der Waals surface area contributed by atoms with Crippen molar-refractivity contribution in [1.82, 2.24) is 4.72 Å². The van der Waals surface area contributed by atoms with Crippen LogP contribution in [0.5, 0.6) is 11.5 Å². The van der Waals surface area contributed by atoms with Crippen molar-refractivity contribution in [1.29, 1.82) is 0 Å². The summed E-state index contributed by atoms with van der Waals surface area (Å²) in [6.45, 7) is 2.24. The number of carbonyl (C=O) groups is 1. The first-order valence-corrected chi connectivity index (χ1v) is 9.94. The molecule has 0 radical (unpaired) electrons. The third-order valence-electron chi connectivity index (χ3n) is 4.45. The zero-order chi connectivity index (χ0) is 19.6. The molecule has 2 aromatic carbocycles. The Morgan fingerprint density at radius 1 is 1.07 bits per heavy atom. The maximum atomic E-state index is 12.9. The monoisotopic (exact) mass is 390 g/mol. The van der Waals surface area contributed by atoms with Gasteiger partial charge in [-0.15, -0.1) is 0 Å². The van der Waals surface area contributed by atoms with Crippen LogP contribution in [0.2, 0.25) is 0 Å². The molecule has 1 amide bonds. The molecule has 1 N–H and O–H groups in total. The van der Waals surface area contributed by atoms with Crippen LogP contribution >= 0.6 is 0 Å². The second-order valence-electron chi connectivity index (χ2n) is 6.38. The Labute approximate surface area is 158 Å². The molecule has 1 aliphatic rings. The largest absolute Gasteiger partial charge is 0.497 e. The fourth-order valence-electron chi connectivity index (χ4n) is 3.04. The molecule has 1 atom stereocenters. The summed E-state index contributed by atoms with van der Waals surface area (Å²) in [7, 11) is -1.03. The van der Waals surface area contributed by atoms with Crippen molar-refractivity contribution in [3.8, 4) is 11.5 Å². The molecule has 7 nitrogen and oxygen atoms in total. The van der Waals surface area contributed by atoms with Crippen LogP contribution in [-0.4, -0.2) is 41.1 Å². The molecule has 1 saturated heterocycles. The summed E-state index contributed by atoms with van der Waals surface area (Å²) in [5.74, 6) is 0.493. The number of nitrogens with zero attached hydrogens (tertiary/aromatic N) is 1. The molecule has 0 aromatic heterocycles. The molecule has 1 fully saturated rings. The lowest BCUT2D eigenvalue weighted by atomic mass is 10.2. The minimum Gasteiger partial charge on any atom is -0.497 e. The van der Waals surface area contributed by atoms with Crippen molar-refractivity contribution in [3.63, 3.8) is 0 Å². The van der Waals surface area contributed by atoms with E-state index in [0.717, 1.165) is 11.3 Å². The molecule has 144 valence electrons. The number of anilines is 1. The number of rotatable bonds is 6. The number of benzene rings is 2. The Morgan fingerprint density at radius 2 is 1.78 bits per heavy atom. The summed E-state index contributed by atoms with van der Waals surface area (Å²) in [4.78, 5) is 13.9. The van der Waals surface area contributed by atoms with Gasteiger partial charge in [-0.05, 0) is 31.2 Å². The van der Waals surface area contributed by atoms with Gasteiger partial charge in [0.05, 0.1) is 14.2 Å². The van der Waals surface area contributed by atoms with Crippen LogP contribution in [0.1, 0.15) is 12.0 Å². The van der Waals surface area contributed by atoms with E-state index >= 15 is 0 Å². The third kappa shape index (κ3) is 4.06. The van der Waals surface area contributed by atoms with Crippen LogP contribution in [0.25, 0.3) is 0 Å². The molecule has 27 heavy (non-hydrogen) atoms. The molecule has 0 saturated carbocycles. The first-order chi connectivity index (χ1) is 12.8. The van der Waals surface area contributed by atoms with E-state index < -0.39 is 16.1 Å². The molecule has 1 unspecified atom stereocenters. The van der Waals surface area contributed by atoms with E-state index in [-0.39, 0.29) is 29.5 Å². The van der Waals surface area contributed by atoms with E-state index in [4.69, 9.17) is 9.47 Å². The van der Waals surface area contributed by atoms with Crippen molar-refractivity contribution < 1.29 is 22.7 Å². The maximum Gasteiger partial charge on any atom is 0.244 e. The van der Waals surface area contributed by atoms with Crippen LogP contribution in [0, 0.1) is 6.92 Å². The molecule has 8 heteroatoms. The predicted octanol–water partition coefficient (Wildman–Crippen LogP) is 2.10. The molecule has 1 aliphatic heterocycles. The van der Waals surface area contributed by atoms with Crippen molar-refractivity contribution in [2.45, 2.75) is 24.3 Å². The number of sulfonamides is 1. The van der Waals surface area contributed by atoms with Gasteiger partial charge in [-0.2, -0.15) is 0 Å². The molecule has 0 bridgehead atoms. The van der Waals surface area contributed by atoms with Crippen molar-refractivity contribution in [3.05, 3.63) is 48.0 Å². The standard InChI is InChI=1S/C19H22N2O5S/c1-13-4-6-15(7-5-13)21-12-14(10-19(21)22)20-27(23,24)18-11-16(25-2)8-9-17(18)26-3/h4-9,11,14,20H,10,12H2,1-3H3. The van der Waals surface area contributed by atoms with E-state index in [1.54, 1.807) is 11.0 Å². The molecule has 3 rings (SSSR count). The number of methoxy groups -OCH3 is 2. The Hall–Kier alpha value is -2.58.